The standard InChI is InChI=1S/C12H13N3O/c1-3-16-12-8(2)11-13-9-6-4-5-7-10(9)15(11)14-12/h4-7,13H,3H2,1-2H3. The zero-order chi connectivity index (χ0) is 11.1. The van der Waals surface area contributed by atoms with Crippen LogP contribution in [0, 0.1) is 6.92 Å². The summed E-state index contributed by atoms with van der Waals surface area (Å²) in [4.78, 5) is 3.35. The number of nitrogens with zero attached hydrogens (tertiary/aromatic N) is 2. The van der Waals surface area contributed by atoms with Gasteiger partial charge in [0.05, 0.1) is 23.2 Å². The lowest BCUT2D eigenvalue weighted by molar-refractivity contribution is 0.323. The Bertz CT molecular complexity index is 651. The number of ether oxygens (including phenoxy) is 1. The van der Waals surface area contributed by atoms with E-state index in [2.05, 4.69) is 10.1 Å². The van der Waals surface area contributed by atoms with E-state index in [0.717, 1.165) is 22.2 Å². The van der Waals surface area contributed by atoms with Crippen molar-refractivity contribution >= 4 is 16.7 Å². The molecule has 0 radical (unpaired) electrons. The summed E-state index contributed by atoms with van der Waals surface area (Å²) in [6.45, 7) is 4.62. The molecule has 0 unspecified atom stereocenters. The van der Waals surface area contributed by atoms with E-state index in [1.807, 2.05) is 42.6 Å². The second kappa shape index (κ2) is 3.27. The van der Waals surface area contributed by atoms with E-state index in [0.29, 0.717) is 12.5 Å². The molecular formula is C12H13N3O. The molecule has 1 aromatic carbocycles. The van der Waals surface area contributed by atoms with Crippen LogP contribution in [0.5, 0.6) is 5.88 Å². The van der Waals surface area contributed by atoms with Gasteiger partial charge in [-0.05, 0) is 26.0 Å². The number of hydrogen-bond acceptors (Lipinski definition) is 2. The molecule has 0 aliphatic heterocycles. The van der Waals surface area contributed by atoms with Crippen molar-refractivity contribution in [2.45, 2.75) is 13.8 Å². The zero-order valence-electron chi connectivity index (χ0n) is 9.32. The van der Waals surface area contributed by atoms with Crippen molar-refractivity contribution < 1.29 is 4.74 Å². The Kier molecular flexibility index (Phi) is 1.89. The molecule has 0 saturated carbocycles. The number of imidazole rings is 1. The number of rotatable bonds is 2. The van der Waals surface area contributed by atoms with Gasteiger partial charge in [-0.25, -0.2) is 4.52 Å². The van der Waals surface area contributed by atoms with E-state index in [1.54, 1.807) is 0 Å². The summed E-state index contributed by atoms with van der Waals surface area (Å²) >= 11 is 0. The second-order valence-electron chi connectivity index (χ2n) is 3.77. The first kappa shape index (κ1) is 9.27. The van der Waals surface area contributed by atoms with Crippen LogP contribution in [0.3, 0.4) is 0 Å². The lowest BCUT2D eigenvalue weighted by Crippen LogP contribution is -1.93. The second-order valence-corrected chi connectivity index (χ2v) is 3.77. The van der Waals surface area contributed by atoms with Gasteiger partial charge < -0.3 is 9.72 Å². The molecule has 0 amide bonds. The number of aromatic nitrogens is 3. The average Bonchev–Trinajstić information content (AvgIpc) is 2.79. The largest absolute Gasteiger partial charge is 0.477 e. The van der Waals surface area contributed by atoms with Gasteiger partial charge in [-0.3, -0.25) is 0 Å². The highest BCUT2D eigenvalue weighted by Crippen LogP contribution is 2.24. The molecule has 0 aliphatic rings. The molecule has 3 aromatic rings. The molecular weight excluding hydrogens is 202 g/mol. The number of aromatic amines is 1. The third-order valence-corrected chi connectivity index (χ3v) is 2.74. The van der Waals surface area contributed by atoms with E-state index in [1.165, 1.54) is 0 Å². The van der Waals surface area contributed by atoms with E-state index in [9.17, 15) is 0 Å². The van der Waals surface area contributed by atoms with Crippen molar-refractivity contribution in [1.82, 2.24) is 14.6 Å². The molecule has 0 aliphatic carbocycles. The average molecular weight is 215 g/mol. The highest BCUT2D eigenvalue weighted by atomic mass is 16.5. The summed E-state index contributed by atoms with van der Waals surface area (Å²) in [7, 11) is 0. The molecule has 0 atom stereocenters. The summed E-state index contributed by atoms with van der Waals surface area (Å²) < 4.78 is 7.38. The van der Waals surface area contributed by atoms with Crippen LogP contribution < -0.4 is 4.74 Å². The molecule has 0 saturated heterocycles. The van der Waals surface area contributed by atoms with Crippen LogP contribution in [0.15, 0.2) is 24.3 Å². The molecule has 1 N–H and O–H groups in total. The van der Waals surface area contributed by atoms with Gasteiger partial charge in [0.2, 0.25) is 5.88 Å². The molecule has 2 aromatic heterocycles. The zero-order valence-corrected chi connectivity index (χ0v) is 9.32. The Balaban J connectivity index is 2.35. The lowest BCUT2D eigenvalue weighted by atomic mass is 10.3. The fraction of sp³-hybridized carbons (Fsp3) is 0.250. The molecule has 4 heteroatoms. The smallest absolute Gasteiger partial charge is 0.238 e. The number of benzene rings is 1. The van der Waals surface area contributed by atoms with Crippen LogP contribution in [-0.2, 0) is 0 Å². The Hall–Kier alpha value is -1.97. The van der Waals surface area contributed by atoms with Gasteiger partial charge in [-0.15, -0.1) is 5.10 Å². The van der Waals surface area contributed by atoms with Gasteiger partial charge in [0.15, 0.2) is 0 Å². The van der Waals surface area contributed by atoms with Crippen LogP contribution in [0.25, 0.3) is 16.7 Å². The lowest BCUT2D eigenvalue weighted by Gasteiger charge is -1.97. The van der Waals surface area contributed by atoms with E-state index in [-0.39, 0.29) is 0 Å². The number of H-pyrrole nitrogens is 1. The first-order chi connectivity index (χ1) is 7.81. The summed E-state index contributed by atoms with van der Waals surface area (Å²) in [5.74, 6) is 0.708. The fourth-order valence-electron chi connectivity index (χ4n) is 1.96. The van der Waals surface area contributed by atoms with Gasteiger partial charge >= 0.3 is 0 Å². The van der Waals surface area contributed by atoms with Crippen molar-refractivity contribution in [3.63, 3.8) is 0 Å². The Morgan fingerprint density at radius 1 is 1.38 bits per heavy atom. The minimum Gasteiger partial charge on any atom is -0.477 e. The maximum absolute atomic E-state index is 5.48. The summed E-state index contributed by atoms with van der Waals surface area (Å²) in [5.41, 5.74) is 4.23. The maximum Gasteiger partial charge on any atom is 0.238 e. The quantitative estimate of drug-likeness (QED) is 0.713. The Morgan fingerprint density at radius 2 is 2.19 bits per heavy atom. The SMILES string of the molecule is CCOc1nn2c([nH]c3ccccc32)c1C. The summed E-state index contributed by atoms with van der Waals surface area (Å²) in [6.07, 6.45) is 0. The predicted molar refractivity (Wildman–Crippen MR) is 63.0 cm³/mol. The molecule has 0 spiro atoms. The van der Waals surface area contributed by atoms with Gasteiger partial charge in [-0.2, -0.15) is 0 Å². The van der Waals surface area contributed by atoms with Crippen LogP contribution in [0.1, 0.15) is 12.5 Å². The number of para-hydroxylation sites is 2. The summed E-state index contributed by atoms with van der Waals surface area (Å²) in [5, 5.41) is 4.45. The topological polar surface area (TPSA) is 42.3 Å². The predicted octanol–water partition coefficient (Wildman–Crippen LogP) is 2.52. The van der Waals surface area contributed by atoms with E-state index >= 15 is 0 Å². The number of nitrogens with one attached hydrogen (secondary N) is 1. The van der Waals surface area contributed by atoms with Gasteiger partial charge in [0, 0.05) is 0 Å². The molecule has 0 bridgehead atoms. The number of aryl methyl sites for hydroxylation is 1. The molecule has 4 nitrogen and oxygen atoms in total. The molecule has 0 fully saturated rings. The van der Waals surface area contributed by atoms with Crippen molar-refractivity contribution in [3.05, 3.63) is 29.8 Å². The number of fused-ring (bicyclic) bond motifs is 3. The first-order valence-electron chi connectivity index (χ1n) is 5.40. The van der Waals surface area contributed by atoms with Gasteiger partial charge in [0.25, 0.3) is 0 Å². The number of hydrogen-bond donors (Lipinski definition) is 1. The third kappa shape index (κ3) is 1.13. The van der Waals surface area contributed by atoms with E-state index < -0.39 is 0 Å². The van der Waals surface area contributed by atoms with Crippen LogP contribution >= 0.6 is 0 Å². The molecule has 82 valence electrons. The molecule has 16 heavy (non-hydrogen) atoms. The molecule has 3 rings (SSSR count). The molecule has 2 heterocycles. The maximum atomic E-state index is 5.48. The van der Waals surface area contributed by atoms with Crippen molar-refractivity contribution in [2.75, 3.05) is 6.61 Å². The first-order valence-corrected chi connectivity index (χ1v) is 5.40. The Morgan fingerprint density at radius 3 is 3.00 bits per heavy atom. The van der Waals surface area contributed by atoms with Gasteiger partial charge in [0.1, 0.15) is 5.65 Å². The monoisotopic (exact) mass is 215 g/mol. The highest BCUT2D eigenvalue weighted by Gasteiger charge is 2.13. The van der Waals surface area contributed by atoms with Crippen molar-refractivity contribution in [2.24, 2.45) is 0 Å². The van der Waals surface area contributed by atoms with E-state index in [4.69, 9.17) is 4.74 Å². The summed E-state index contributed by atoms with van der Waals surface area (Å²) in [6, 6.07) is 8.11. The fourth-order valence-corrected chi connectivity index (χ4v) is 1.96. The third-order valence-electron chi connectivity index (χ3n) is 2.74. The highest BCUT2D eigenvalue weighted by molar-refractivity contribution is 5.81. The Labute approximate surface area is 92.8 Å². The van der Waals surface area contributed by atoms with Gasteiger partial charge in [-0.1, -0.05) is 12.1 Å². The normalized spacial score (nSPS) is 11.4. The minimum absolute atomic E-state index is 0.638. The van der Waals surface area contributed by atoms with Crippen LogP contribution in [-0.4, -0.2) is 21.2 Å². The van der Waals surface area contributed by atoms with Crippen LogP contribution in [0.4, 0.5) is 0 Å². The van der Waals surface area contributed by atoms with Crippen LogP contribution in [0.2, 0.25) is 0 Å². The van der Waals surface area contributed by atoms with Crippen molar-refractivity contribution in [3.8, 4) is 5.88 Å². The minimum atomic E-state index is 0.638. The van der Waals surface area contributed by atoms with Crippen molar-refractivity contribution in [1.29, 1.82) is 0 Å².